The highest BCUT2D eigenvalue weighted by molar-refractivity contribution is 5.84. The van der Waals surface area contributed by atoms with Crippen LogP contribution >= 0.6 is 0 Å². The SMILES string of the molecule is CC1(O)CCN(C(c2ccc3nnc(-c4ccc5cccc(C(C)(C)C)c5n4)n3c2)C(F)(F)F)C1. The lowest BCUT2D eigenvalue weighted by Crippen LogP contribution is -2.39. The molecule has 1 N–H and O–H groups in total. The molecule has 0 amide bonds. The van der Waals surface area contributed by atoms with Crippen LogP contribution in [0.1, 0.15) is 51.3 Å². The van der Waals surface area contributed by atoms with Crippen LogP contribution in [-0.4, -0.2) is 54.5 Å². The van der Waals surface area contributed by atoms with Crippen molar-refractivity contribution in [2.45, 2.75) is 57.3 Å². The molecule has 5 rings (SSSR count). The Morgan fingerprint density at radius 1 is 1.03 bits per heavy atom. The van der Waals surface area contributed by atoms with Gasteiger partial charge in [-0.25, -0.2) is 4.98 Å². The Kier molecular flexibility index (Phi) is 5.41. The van der Waals surface area contributed by atoms with Crippen molar-refractivity contribution < 1.29 is 18.3 Å². The van der Waals surface area contributed by atoms with Gasteiger partial charge in [-0.3, -0.25) is 9.30 Å². The summed E-state index contributed by atoms with van der Waals surface area (Å²) in [7, 11) is 0. The Morgan fingerprint density at radius 2 is 1.80 bits per heavy atom. The molecule has 6 nitrogen and oxygen atoms in total. The lowest BCUT2D eigenvalue weighted by Gasteiger charge is -2.30. The van der Waals surface area contributed by atoms with E-state index in [1.807, 2.05) is 30.3 Å². The molecule has 0 spiro atoms. The molecule has 4 heterocycles. The number of pyridine rings is 2. The van der Waals surface area contributed by atoms with E-state index in [0.717, 1.165) is 16.5 Å². The summed E-state index contributed by atoms with van der Waals surface area (Å²) < 4.78 is 44.2. The molecule has 9 heteroatoms. The van der Waals surface area contributed by atoms with Crippen molar-refractivity contribution in [1.29, 1.82) is 0 Å². The zero-order valence-corrected chi connectivity index (χ0v) is 20.1. The number of para-hydroxylation sites is 1. The van der Waals surface area contributed by atoms with E-state index in [-0.39, 0.29) is 30.5 Å². The third-order valence-corrected chi connectivity index (χ3v) is 6.65. The highest BCUT2D eigenvalue weighted by Gasteiger charge is 2.48. The minimum Gasteiger partial charge on any atom is -0.389 e. The topological polar surface area (TPSA) is 66.5 Å². The number of aromatic nitrogens is 4. The van der Waals surface area contributed by atoms with Crippen LogP contribution in [0.4, 0.5) is 13.2 Å². The van der Waals surface area contributed by atoms with Gasteiger partial charge >= 0.3 is 6.18 Å². The van der Waals surface area contributed by atoms with Crippen molar-refractivity contribution in [2.24, 2.45) is 0 Å². The summed E-state index contributed by atoms with van der Waals surface area (Å²) in [6, 6.07) is 10.9. The van der Waals surface area contributed by atoms with Crippen LogP contribution in [0.2, 0.25) is 0 Å². The predicted molar refractivity (Wildman–Crippen MR) is 128 cm³/mol. The van der Waals surface area contributed by atoms with E-state index in [1.165, 1.54) is 17.2 Å². The molecule has 1 fully saturated rings. The molecular formula is C26H28F3N5O. The van der Waals surface area contributed by atoms with Crippen LogP contribution in [0.3, 0.4) is 0 Å². The number of hydrogen-bond acceptors (Lipinski definition) is 5. The molecule has 0 aliphatic carbocycles. The molecule has 3 aromatic heterocycles. The molecule has 0 bridgehead atoms. The summed E-state index contributed by atoms with van der Waals surface area (Å²) in [5, 5.41) is 19.7. The lowest BCUT2D eigenvalue weighted by molar-refractivity contribution is -0.185. The average Bonchev–Trinajstić information content (AvgIpc) is 3.34. The van der Waals surface area contributed by atoms with Crippen LogP contribution in [-0.2, 0) is 5.41 Å². The van der Waals surface area contributed by atoms with Crippen molar-refractivity contribution >= 4 is 16.6 Å². The first-order chi connectivity index (χ1) is 16.3. The molecule has 1 aliphatic heterocycles. The van der Waals surface area contributed by atoms with Gasteiger partial charge in [0.15, 0.2) is 11.5 Å². The number of nitrogens with zero attached hydrogens (tertiary/aromatic N) is 5. The van der Waals surface area contributed by atoms with Crippen LogP contribution in [0.5, 0.6) is 0 Å². The normalized spacial score (nSPS) is 20.7. The maximum Gasteiger partial charge on any atom is 0.408 e. The fourth-order valence-electron chi connectivity index (χ4n) is 4.93. The number of aliphatic hydroxyl groups is 1. The average molecular weight is 484 g/mol. The van der Waals surface area contributed by atoms with Crippen molar-refractivity contribution in [1.82, 2.24) is 24.5 Å². The van der Waals surface area contributed by atoms with Crippen LogP contribution in [0.15, 0.2) is 48.7 Å². The Balaban J connectivity index is 1.63. The summed E-state index contributed by atoms with van der Waals surface area (Å²) in [5.41, 5.74) is 1.66. The number of rotatable bonds is 3. The maximum absolute atomic E-state index is 14.2. The maximum atomic E-state index is 14.2. The molecule has 0 radical (unpaired) electrons. The summed E-state index contributed by atoms with van der Waals surface area (Å²) in [4.78, 5) is 6.15. The highest BCUT2D eigenvalue weighted by Crippen LogP contribution is 2.41. The Labute approximate surface area is 201 Å². The van der Waals surface area contributed by atoms with E-state index in [4.69, 9.17) is 4.98 Å². The second-order valence-electron chi connectivity index (χ2n) is 10.7. The first kappa shape index (κ1) is 23.7. The lowest BCUT2D eigenvalue weighted by atomic mass is 9.85. The summed E-state index contributed by atoms with van der Waals surface area (Å²) in [6.07, 6.45) is -2.78. The monoisotopic (exact) mass is 483 g/mol. The van der Waals surface area contributed by atoms with Gasteiger partial charge in [-0.2, -0.15) is 13.2 Å². The molecule has 35 heavy (non-hydrogen) atoms. The van der Waals surface area contributed by atoms with Crippen molar-refractivity contribution in [3.05, 3.63) is 59.8 Å². The Hall–Kier alpha value is -3.04. The zero-order valence-electron chi connectivity index (χ0n) is 20.1. The van der Waals surface area contributed by atoms with E-state index in [0.29, 0.717) is 17.2 Å². The van der Waals surface area contributed by atoms with Crippen LogP contribution < -0.4 is 0 Å². The fraction of sp³-hybridized carbons (Fsp3) is 0.423. The van der Waals surface area contributed by atoms with Gasteiger partial charge in [0.05, 0.1) is 11.1 Å². The van der Waals surface area contributed by atoms with E-state index in [2.05, 4.69) is 31.0 Å². The fourth-order valence-corrected chi connectivity index (χ4v) is 4.93. The van der Waals surface area contributed by atoms with Gasteiger partial charge < -0.3 is 5.11 Å². The number of benzene rings is 1. The van der Waals surface area contributed by atoms with Gasteiger partial charge in [0, 0.05) is 24.7 Å². The van der Waals surface area contributed by atoms with Crippen molar-refractivity contribution in [3.8, 4) is 11.5 Å². The second kappa shape index (κ2) is 7.99. The third-order valence-electron chi connectivity index (χ3n) is 6.65. The molecule has 4 aromatic rings. The number of hydrogen-bond donors (Lipinski definition) is 1. The van der Waals surface area contributed by atoms with E-state index >= 15 is 0 Å². The number of β-amino-alcohol motifs (C(OH)–C–C–N with tert-alkyl or cyclic N) is 1. The van der Waals surface area contributed by atoms with Crippen molar-refractivity contribution in [3.63, 3.8) is 0 Å². The van der Waals surface area contributed by atoms with Gasteiger partial charge in [0.2, 0.25) is 0 Å². The van der Waals surface area contributed by atoms with Crippen molar-refractivity contribution in [2.75, 3.05) is 13.1 Å². The molecule has 1 saturated heterocycles. The van der Waals surface area contributed by atoms with Gasteiger partial charge in [0.1, 0.15) is 11.7 Å². The standard InChI is InChI=1S/C26H28F3N5O/c1-24(2,3)18-7-5-6-16-8-10-19(30-21(16)18)23-32-31-20-11-9-17(14-34(20)23)22(26(27,28)29)33-13-12-25(4,35)15-33/h5-11,14,22,35H,12-13,15H2,1-4H3. The predicted octanol–water partition coefficient (Wildman–Crippen LogP) is 5.30. The molecule has 0 saturated carbocycles. The van der Waals surface area contributed by atoms with Gasteiger partial charge in [-0.1, -0.05) is 51.1 Å². The number of alkyl halides is 3. The zero-order chi connectivity index (χ0) is 25.2. The summed E-state index contributed by atoms with van der Waals surface area (Å²) in [6.45, 7) is 8.02. The second-order valence-corrected chi connectivity index (χ2v) is 10.7. The highest BCUT2D eigenvalue weighted by atomic mass is 19.4. The van der Waals surface area contributed by atoms with Crippen LogP contribution in [0, 0.1) is 0 Å². The van der Waals surface area contributed by atoms with E-state index in [9.17, 15) is 18.3 Å². The number of fused-ring (bicyclic) bond motifs is 2. The molecule has 2 unspecified atom stereocenters. The molecule has 1 aromatic carbocycles. The van der Waals surface area contributed by atoms with E-state index in [1.54, 1.807) is 17.4 Å². The molecule has 184 valence electrons. The minimum atomic E-state index is -4.51. The van der Waals surface area contributed by atoms with Gasteiger partial charge in [0.25, 0.3) is 0 Å². The molecular weight excluding hydrogens is 455 g/mol. The first-order valence-electron chi connectivity index (χ1n) is 11.6. The summed E-state index contributed by atoms with van der Waals surface area (Å²) in [5.74, 6) is 0.377. The van der Waals surface area contributed by atoms with Gasteiger partial charge in [-0.15, -0.1) is 10.2 Å². The van der Waals surface area contributed by atoms with Gasteiger partial charge in [-0.05, 0) is 42.0 Å². The third kappa shape index (κ3) is 4.38. The minimum absolute atomic E-state index is 0.0495. The Bertz CT molecular complexity index is 1400. The molecule has 2 atom stereocenters. The Morgan fingerprint density at radius 3 is 2.46 bits per heavy atom. The summed E-state index contributed by atoms with van der Waals surface area (Å²) >= 11 is 0. The smallest absolute Gasteiger partial charge is 0.389 e. The first-order valence-corrected chi connectivity index (χ1v) is 11.6. The largest absolute Gasteiger partial charge is 0.408 e. The van der Waals surface area contributed by atoms with E-state index < -0.39 is 17.8 Å². The number of likely N-dealkylation sites (tertiary alicyclic amines) is 1. The molecule has 1 aliphatic rings. The number of halogens is 3. The quantitative estimate of drug-likeness (QED) is 0.428. The van der Waals surface area contributed by atoms with Crippen LogP contribution in [0.25, 0.3) is 28.1 Å².